The van der Waals surface area contributed by atoms with Crippen molar-refractivity contribution >= 4 is 23.6 Å². The molecule has 98 valence electrons. The summed E-state index contributed by atoms with van der Waals surface area (Å²) < 4.78 is -0.0416. The van der Waals surface area contributed by atoms with Crippen molar-refractivity contribution in [3.05, 3.63) is 35.4 Å². The number of carbonyl (C=O) groups excluding carboxylic acids is 1. The van der Waals surface area contributed by atoms with E-state index in [1.54, 1.807) is 23.9 Å². The van der Waals surface area contributed by atoms with Gasteiger partial charge in [0.2, 0.25) is 0 Å². The number of carboxylic acids is 1. The van der Waals surface area contributed by atoms with Crippen LogP contribution in [0, 0.1) is 0 Å². The molecular formula is C13H17NO3S. The first-order chi connectivity index (χ1) is 8.35. The molecule has 0 saturated heterocycles. The van der Waals surface area contributed by atoms with E-state index in [0.717, 1.165) is 0 Å². The second-order valence-corrected chi connectivity index (χ2v) is 6.05. The molecule has 1 amide bonds. The van der Waals surface area contributed by atoms with Crippen molar-refractivity contribution < 1.29 is 14.7 Å². The van der Waals surface area contributed by atoms with Gasteiger partial charge in [0.15, 0.2) is 0 Å². The summed E-state index contributed by atoms with van der Waals surface area (Å²) in [6.45, 7) is 4.60. The number of hydrogen-bond acceptors (Lipinski definition) is 3. The van der Waals surface area contributed by atoms with E-state index in [0.29, 0.717) is 12.1 Å². The molecule has 0 spiro atoms. The Hall–Kier alpha value is -1.49. The van der Waals surface area contributed by atoms with E-state index in [4.69, 9.17) is 5.11 Å². The molecule has 1 aromatic rings. The normalized spacial score (nSPS) is 11.1. The molecular weight excluding hydrogens is 250 g/mol. The summed E-state index contributed by atoms with van der Waals surface area (Å²) in [7, 11) is 0. The van der Waals surface area contributed by atoms with Gasteiger partial charge in [-0.2, -0.15) is 11.8 Å². The van der Waals surface area contributed by atoms with Crippen molar-refractivity contribution in [3.63, 3.8) is 0 Å². The Morgan fingerprint density at radius 1 is 1.33 bits per heavy atom. The molecule has 1 aromatic carbocycles. The number of nitrogens with one attached hydrogen (secondary N) is 1. The average Bonchev–Trinajstić information content (AvgIpc) is 2.36. The Labute approximate surface area is 111 Å². The smallest absolute Gasteiger partial charge is 0.335 e. The van der Waals surface area contributed by atoms with Crippen LogP contribution in [0.2, 0.25) is 0 Å². The molecule has 0 unspecified atom stereocenters. The molecule has 0 atom stereocenters. The molecule has 5 heteroatoms. The van der Waals surface area contributed by atoms with Crippen LogP contribution in [0.1, 0.15) is 34.6 Å². The number of benzene rings is 1. The first kappa shape index (κ1) is 14.6. The minimum atomic E-state index is -1.03. The van der Waals surface area contributed by atoms with Crippen LogP contribution in [0.5, 0.6) is 0 Å². The highest BCUT2D eigenvalue weighted by molar-refractivity contribution is 7.99. The van der Waals surface area contributed by atoms with Gasteiger partial charge in [-0.25, -0.2) is 4.79 Å². The number of carboxylic acid groups (broad SMARTS) is 1. The third-order valence-corrected chi connectivity index (χ3v) is 3.85. The Bertz CT molecular complexity index is 457. The fourth-order valence-electron chi connectivity index (χ4n) is 1.26. The zero-order chi connectivity index (χ0) is 13.8. The van der Waals surface area contributed by atoms with Gasteiger partial charge in [0.05, 0.1) is 5.56 Å². The largest absolute Gasteiger partial charge is 0.478 e. The van der Waals surface area contributed by atoms with E-state index < -0.39 is 5.97 Å². The van der Waals surface area contributed by atoms with Crippen LogP contribution in [0.15, 0.2) is 24.3 Å². The first-order valence-electron chi connectivity index (χ1n) is 5.52. The fourth-order valence-corrected chi connectivity index (χ4v) is 1.48. The van der Waals surface area contributed by atoms with Crippen molar-refractivity contribution in [3.8, 4) is 0 Å². The van der Waals surface area contributed by atoms with Crippen LogP contribution in [-0.4, -0.2) is 34.5 Å². The fraction of sp³-hybridized carbons (Fsp3) is 0.385. The van der Waals surface area contributed by atoms with Crippen LogP contribution < -0.4 is 5.32 Å². The molecule has 1 rings (SSSR count). The van der Waals surface area contributed by atoms with Gasteiger partial charge in [-0.05, 0) is 38.3 Å². The Morgan fingerprint density at radius 3 is 2.50 bits per heavy atom. The quantitative estimate of drug-likeness (QED) is 0.858. The lowest BCUT2D eigenvalue weighted by Gasteiger charge is -2.22. The van der Waals surface area contributed by atoms with Crippen molar-refractivity contribution in [2.45, 2.75) is 18.6 Å². The van der Waals surface area contributed by atoms with Gasteiger partial charge in [0.25, 0.3) is 5.91 Å². The third-order valence-electron chi connectivity index (χ3n) is 2.60. The van der Waals surface area contributed by atoms with Gasteiger partial charge in [-0.3, -0.25) is 4.79 Å². The third kappa shape index (κ3) is 4.07. The van der Waals surface area contributed by atoms with Gasteiger partial charge in [0, 0.05) is 16.9 Å². The zero-order valence-corrected chi connectivity index (χ0v) is 11.5. The van der Waals surface area contributed by atoms with Gasteiger partial charge in [-0.1, -0.05) is 6.07 Å². The van der Waals surface area contributed by atoms with E-state index in [1.807, 2.05) is 20.1 Å². The highest BCUT2D eigenvalue weighted by Crippen LogP contribution is 2.19. The Morgan fingerprint density at radius 2 is 1.94 bits per heavy atom. The standard InChI is InChI=1S/C13H17NO3S/c1-13(2,18-3)8-14-11(15)9-5-4-6-10(7-9)12(16)17/h4-7H,8H2,1-3H3,(H,14,15)(H,16,17). The lowest BCUT2D eigenvalue weighted by Crippen LogP contribution is -2.36. The first-order valence-corrected chi connectivity index (χ1v) is 6.75. The van der Waals surface area contributed by atoms with Crippen molar-refractivity contribution in [1.29, 1.82) is 0 Å². The molecule has 0 radical (unpaired) electrons. The number of hydrogen-bond donors (Lipinski definition) is 2. The molecule has 0 bridgehead atoms. The Kier molecular flexibility index (Phi) is 4.78. The van der Waals surface area contributed by atoms with E-state index >= 15 is 0 Å². The summed E-state index contributed by atoms with van der Waals surface area (Å²) in [4.78, 5) is 22.7. The minimum Gasteiger partial charge on any atom is -0.478 e. The summed E-state index contributed by atoms with van der Waals surface area (Å²) in [5.41, 5.74) is 0.485. The van der Waals surface area contributed by atoms with E-state index in [1.165, 1.54) is 12.1 Å². The predicted octanol–water partition coefficient (Wildman–Crippen LogP) is 2.26. The average molecular weight is 267 g/mol. The number of thioether (sulfide) groups is 1. The topological polar surface area (TPSA) is 66.4 Å². The van der Waals surface area contributed by atoms with E-state index in [9.17, 15) is 9.59 Å². The summed E-state index contributed by atoms with van der Waals surface area (Å²) >= 11 is 1.66. The van der Waals surface area contributed by atoms with Crippen LogP contribution in [0.25, 0.3) is 0 Å². The predicted molar refractivity (Wildman–Crippen MR) is 73.3 cm³/mol. The molecule has 0 heterocycles. The summed E-state index contributed by atoms with van der Waals surface area (Å²) in [6, 6.07) is 6.01. The van der Waals surface area contributed by atoms with E-state index in [-0.39, 0.29) is 16.2 Å². The molecule has 0 aliphatic carbocycles. The van der Waals surface area contributed by atoms with Crippen LogP contribution >= 0.6 is 11.8 Å². The maximum atomic E-state index is 11.9. The number of amides is 1. The molecule has 4 nitrogen and oxygen atoms in total. The monoisotopic (exact) mass is 267 g/mol. The SMILES string of the molecule is CSC(C)(C)CNC(=O)c1cccc(C(=O)O)c1. The Balaban J connectivity index is 2.73. The van der Waals surface area contributed by atoms with Crippen LogP contribution in [-0.2, 0) is 0 Å². The molecule has 0 aromatic heterocycles. The molecule has 0 fully saturated rings. The van der Waals surface area contributed by atoms with Crippen molar-refractivity contribution in [1.82, 2.24) is 5.32 Å². The van der Waals surface area contributed by atoms with Gasteiger partial charge in [0.1, 0.15) is 0 Å². The van der Waals surface area contributed by atoms with Crippen LogP contribution in [0.4, 0.5) is 0 Å². The highest BCUT2D eigenvalue weighted by Gasteiger charge is 2.17. The molecule has 0 saturated carbocycles. The maximum Gasteiger partial charge on any atom is 0.335 e. The second-order valence-electron chi connectivity index (χ2n) is 4.53. The zero-order valence-electron chi connectivity index (χ0n) is 10.7. The molecule has 0 aliphatic heterocycles. The highest BCUT2D eigenvalue weighted by atomic mass is 32.2. The number of carbonyl (C=O) groups is 2. The van der Waals surface area contributed by atoms with Gasteiger partial charge >= 0.3 is 5.97 Å². The van der Waals surface area contributed by atoms with Gasteiger partial charge in [-0.15, -0.1) is 0 Å². The second kappa shape index (κ2) is 5.91. The van der Waals surface area contributed by atoms with Crippen LogP contribution in [0.3, 0.4) is 0 Å². The molecule has 18 heavy (non-hydrogen) atoms. The molecule has 2 N–H and O–H groups in total. The summed E-state index contributed by atoms with van der Waals surface area (Å²) in [5, 5.41) is 11.7. The molecule has 0 aliphatic rings. The lowest BCUT2D eigenvalue weighted by atomic mass is 10.1. The lowest BCUT2D eigenvalue weighted by molar-refractivity contribution is 0.0697. The number of rotatable bonds is 5. The number of aromatic carboxylic acids is 1. The maximum absolute atomic E-state index is 11.9. The van der Waals surface area contributed by atoms with E-state index in [2.05, 4.69) is 5.32 Å². The summed E-state index contributed by atoms with van der Waals surface area (Å²) in [5.74, 6) is -1.28. The van der Waals surface area contributed by atoms with Crippen molar-refractivity contribution in [2.75, 3.05) is 12.8 Å². The minimum absolute atomic E-state index is 0.0416. The van der Waals surface area contributed by atoms with Crippen molar-refractivity contribution in [2.24, 2.45) is 0 Å². The van der Waals surface area contributed by atoms with Gasteiger partial charge < -0.3 is 10.4 Å². The summed E-state index contributed by atoms with van der Waals surface area (Å²) in [6.07, 6.45) is 1.98.